The number of hydrogen-bond donors (Lipinski definition) is 0. The average Bonchev–Trinajstić information content (AvgIpc) is 1.82. The Hall–Kier alpha value is -0.271. The second kappa shape index (κ2) is 4.99. The van der Waals surface area contributed by atoms with Crippen molar-refractivity contribution in [1.82, 2.24) is 0 Å². The Morgan fingerprint density at radius 1 is 1.00 bits per heavy atom. The predicted octanol–water partition coefficient (Wildman–Crippen LogP) is 1.89. The molecule has 0 rings (SSSR count). The Bertz CT molecular complexity index is 229. The van der Waals surface area contributed by atoms with Crippen LogP contribution in [0.15, 0.2) is 11.8 Å². The van der Waals surface area contributed by atoms with Gasteiger partial charge in [-0.3, -0.25) is 4.79 Å². The fourth-order valence-corrected chi connectivity index (χ4v) is 0.552. The molecule has 0 N–H and O–H groups in total. The molecule has 0 fully saturated rings. The van der Waals surface area contributed by atoms with E-state index in [0.29, 0.717) is 0 Å². The second-order valence-electron chi connectivity index (χ2n) is 5.37. The topological polar surface area (TPSA) is 40.1 Å². The van der Waals surface area contributed by atoms with Crippen molar-refractivity contribution < 1.29 is 27.0 Å². The van der Waals surface area contributed by atoms with Crippen molar-refractivity contribution in [3.05, 3.63) is 11.8 Å². The number of carbonyl (C=O) groups excluding carboxylic acids is 1. The summed E-state index contributed by atoms with van der Waals surface area (Å²) in [5.74, 6) is -0.208. The first-order valence-corrected chi connectivity index (χ1v) is 4.49. The van der Waals surface area contributed by atoms with Crippen LogP contribution < -0.4 is 5.11 Å². The number of allylic oxidation sites excluding steroid dienone is 2. The van der Waals surface area contributed by atoms with Gasteiger partial charge in [-0.15, -0.1) is 5.76 Å². The van der Waals surface area contributed by atoms with Crippen LogP contribution in [-0.2, 0) is 21.9 Å². The zero-order valence-corrected chi connectivity index (χ0v) is 10.9. The van der Waals surface area contributed by atoms with Crippen LogP contribution in [-0.4, -0.2) is 5.78 Å². The molecule has 3 heteroatoms. The summed E-state index contributed by atoms with van der Waals surface area (Å²) in [4.78, 5) is 11.4. The van der Waals surface area contributed by atoms with Crippen LogP contribution in [0.4, 0.5) is 0 Å². The third-order valence-corrected chi connectivity index (χ3v) is 1.74. The quantitative estimate of drug-likeness (QED) is 0.398. The summed E-state index contributed by atoms with van der Waals surface area (Å²) in [5.41, 5.74) is -0.915. The van der Waals surface area contributed by atoms with Crippen molar-refractivity contribution >= 4 is 5.78 Å². The number of rotatable bonds is 1. The van der Waals surface area contributed by atoms with E-state index < -0.39 is 10.8 Å². The van der Waals surface area contributed by atoms with Gasteiger partial charge in [0, 0.05) is 22.5 Å². The molecule has 0 aliphatic rings. The molecule has 84 valence electrons. The minimum absolute atomic E-state index is 0. The van der Waals surface area contributed by atoms with Crippen LogP contribution >= 0.6 is 0 Å². The van der Waals surface area contributed by atoms with E-state index in [1.807, 2.05) is 41.5 Å². The summed E-state index contributed by atoms with van der Waals surface area (Å²) < 4.78 is 0. The number of carbonyl (C=O) groups is 1. The van der Waals surface area contributed by atoms with Gasteiger partial charge in [0.1, 0.15) is 0 Å². The third kappa shape index (κ3) is 5.46. The van der Waals surface area contributed by atoms with Crippen LogP contribution in [0.2, 0.25) is 0 Å². The molecule has 0 unspecified atom stereocenters. The van der Waals surface area contributed by atoms with Gasteiger partial charge in [0.05, 0.1) is 0 Å². The van der Waals surface area contributed by atoms with Crippen molar-refractivity contribution in [2.24, 2.45) is 10.8 Å². The minimum Gasteiger partial charge on any atom is -0.875 e. The maximum Gasteiger partial charge on any atom is 0.160 e. The Labute approximate surface area is 97.3 Å². The molecule has 0 heterocycles. The first kappa shape index (κ1) is 16.2. The summed E-state index contributed by atoms with van der Waals surface area (Å²) in [6.45, 7) is 10.8. The Morgan fingerprint density at radius 3 is 1.57 bits per heavy atom. The van der Waals surface area contributed by atoms with E-state index in [1.54, 1.807) is 0 Å². The van der Waals surface area contributed by atoms with E-state index in [9.17, 15) is 9.90 Å². The zero-order chi connectivity index (χ0) is 10.9. The van der Waals surface area contributed by atoms with Crippen LogP contribution in [0, 0.1) is 10.8 Å². The Kier molecular flexibility index (Phi) is 5.77. The van der Waals surface area contributed by atoms with E-state index in [-0.39, 0.29) is 28.6 Å². The molecule has 0 saturated heterocycles. The van der Waals surface area contributed by atoms with Crippen molar-refractivity contribution in [2.45, 2.75) is 41.5 Å². The molecule has 0 saturated carbocycles. The monoisotopic (exact) mass is 239 g/mol. The fraction of sp³-hybridized carbons (Fsp3) is 0.727. The van der Waals surface area contributed by atoms with Gasteiger partial charge in [0.15, 0.2) is 5.78 Å². The third-order valence-electron chi connectivity index (χ3n) is 1.74. The fourth-order valence-electron chi connectivity index (χ4n) is 0.552. The Balaban J connectivity index is 0. The summed E-state index contributed by atoms with van der Waals surface area (Å²) >= 11 is 0. The molecule has 0 bridgehead atoms. The van der Waals surface area contributed by atoms with Crippen LogP contribution in [0.3, 0.4) is 0 Å². The maximum absolute atomic E-state index is 11.4. The zero-order valence-electron chi connectivity index (χ0n) is 9.75. The molecule has 0 aromatic rings. The second-order valence-corrected chi connectivity index (χ2v) is 5.37. The largest absolute Gasteiger partial charge is 0.875 e. The molecule has 0 atom stereocenters. The molecule has 0 aromatic heterocycles. The van der Waals surface area contributed by atoms with Crippen molar-refractivity contribution in [3.63, 3.8) is 0 Å². The molecule has 0 spiro atoms. The minimum atomic E-state index is -0.457. The summed E-state index contributed by atoms with van der Waals surface area (Å²) in [5, 5.41) is 11.4. The molecular weight excluding hydrogens is 220 g/mol. The van der Waals surface area contributed by atoms with Crippen LogP contribution in [0.5, 0.6) is 0 Å². The van der Waals surface area contributed by atoms with E-state index in [4.69, 9.17) is 0 Å². The van der Waals surface area contributed by atoms with E-state index in [0.717, 1.165) is 0 Å². The van der Waals surface area contributed by atoms with E-state index >= 15 is 0 Å². The first-order valence-electron chi connectivity index (χ1n) is 4.49. The molecule has 14 heavy (non-hydrogen) atoms. The molecular formula is C11H19FeO2-. The van der Waals surface area contributed by atoms with Crippen LogP contribution in [0.1, 0.15) is 41.5 Å². The van der Waals surface area contributed by atoms with Gasteiger partial charge >= 0.3 is 0 Å². The average molecular weight is 239 g/mol. The molecule has 0 aliphatic carbocycles. The van der Waals surface area contributed by atoms with Gasteiger partial charge in [0.2, 0.25) is 0 Å². The number of ketones is 1. The van der Waals surface area contributed by atoms with Gasteiger partial charge in [-0.25, -0.2) is 0 Å². The van der Waals surface area contributed by atoms with Gasteiger partial charge in [-0.05, 0) is 11.5 Å². The smallest absolute Gasteiger partial charge is 0.160 e. The molecule has 0 aliphatic heterocycles. The van der Waals surface area contributed by atoms with Gasteiger partial charge in [0.25, 0.3) is 0 Å². The predicted molar refractivity (Wildman–Crippen MR) is 52.0 cm³/mol. The standard InChI is InChI=1S/C11H20O2.Fe/c1-10(2,3)8(12)7-9(13)11(4,5)6;/h7,12H,1-6H3;/p-1/b8-7-;. The molecule has 2 nitrogen and oxygen atoms in total. The molecule has 0 aromatic carbocycles. The SMILES string of the molecule is CC(C)(C)C(=O)/C=C(\[O-])C(C)(C)C.[Fe]. The summed E-state index contributed by atoms with van der Waals surface area (Å²) in [6, 6.07) is 0. The van der Waals surface area contributed by atoms with Gasteiger partial charge in [-0.1, -0.05) is 41.5 Å². The molecule has 0 radical (unpaired) electrons. The normalized spacial score (nSPS) is 13.4. The summed E-state index contributed by atoms with van der Waals surface area (Å²) in [7, 11) is 0. The maximum atomic E-state index is 11.4. The summed E-state index contributed by atoms with van der Waals surface area (Å²) in [6.07, 6.45) is 1.22. The van der Waals surface area contributed by atoms with Crippen LogP contribution in [0.25, 0.3) is 0 Å². The number of hydrogen-bond acceptors (Lipinski definition) is 2. The first-order chi connectivity index (χ1) is 5.55. The van der Waals surface area contributed by atoms with Crippen molar-refractivity contribution in [2.75, 3.05) is 0 Å². The van der Waals surface area contributed by atoms with E-state index in [2.05, 4.69) is 0 Å². The van der Waals surface area contributed by atoms with Crippen molar-refractivity contribution in [1.29, 1.82) is 0 Å². The van der Waals surface area contributed by atoms with Crippen molar-refractivity contribution in [3.8, 4) is 0 Å². The Morgan fingerprint density at radius 2 is 1.36 bits per heavy atom. The van der Waals surface area contributed by atoms with E-state index in [1.165, 1.54) is 6.08 Å². The van der Waals surface area contributed by atoms with Gasteiger partial charge in [-0.2, -0.15) is 0 Å². The molecule has 0 amide bonds. The van der Waals surface area contributed by atoms with Gasteiger partial charge < -0.3 is 5.11 Å².